The normalized spacial score (nSPS) is 15.8. The molecule has 7 nitrogen and oxygen atoms in total. The van der Waals surface area contributed by atoms with Crippen LogP contribution in [0.25, 0.3) is 6.08 Å². The molecule has 2 aromatic carbocycles. The van der Waals surface area contributed by atoms with E-state index in [-0.39, 0.29) is 24.5 Å². The van der Waals surface area contributed by atoms with Crippen LogP contribution in [-0.2, 0) is 9.59 Å². The number of amides is 2. The fraction of sp³-hybridized carbons (Fsp3) is 0.261. The third-order valence-corrected chi connectivity index (χ3v) is 5.30. The van der Waals surface area contributed by atoms with E-state index < -0.39 is 0 Å². The summed E-state index contributed by atoms with van der Waals surface area (Å²) in [5.41, 5.74) is 1.91. The number of anilines is 1. The van der Waals surface area contributed by atoms with Crippen LogP contribution in [0.4, 0.5) is 5.69 Å². The fourth-order valence-corrected chi connectivity index (χ4v) is 3.59. The highest BCUT2D eigenvalue weighted by atomic mass is 16.7. The number of nitriles is 1. The van der Waals surface area contributed by atoms with Crippen molar-refractivity contribution in [3.63, 3.8) is 0 Å². The van der Waals surface area contributed by atoms with Crippen molar-refractivity contribution in [2.45, 2.75) is 12.8 Å². The Morgan fingerprint density at radius 1 is 1.10 bits per heavy atom. The van der Waals surface area contributed by atoms with E-state index in [4.69, 9.17) is 14.7 Å². The zero-order valence-corrected chi connectivity index (χ0v) is 16.3. The molecule has 1 saturated heterocycles. The number of fused-ring (bicyclic) bond motifs is 1. The van der Waals surface area contributed by atoms with E-state index in [1.165, 1.54) is 6.08 Å². The molecule has 0 aliphatic carbocycles. The minimum absolute atomic E-state index is 0.0561. The van der Waals surface area contributed by atoms with Crippen LogP contribution in [-0.4, -0.2) is 36.6 Å². The van der Waals surface area contributed by atoms with Crippen molar-refractivity contribution < 1.29 is 19.1 Å². The van der Waals surface area contributed by atoms with Crippen molar-refractivity contribution in [3.05, 3.63) is 59.7 Å². The van der Waals surface area contributed by atoms with Gasteiger partial charge in [0.1, 0.15) is 0 Å². The molecule has 0 radical (unpaired) electrons. The van der Waals surface area contributed by atoms with Gasteiger partial charge in [-0.15, -0.1) is 0 Å². The Morgan fingerprint density at radius 3 is 2.67 bits per heavy atom. The van der Waals surface area contributed by atoms with Crippen molar-refractivity contribution in [1.29, 1.82) is 5.26 Å². The number of nitrogens with one attached hydrogen (secondary N) is 1. The molecule has 0 saturated carbocycles. The van der Waals surface area contributed by atoms with Gasteiger partial charge in [-0.3, -0.25) is 9.59 Å². The van der Waals surface area contributed by atoms with Crippen LogP contribution in [0.3, 0.4) is 0 Å². The SMILES string of the molecule is N#Cc1ccccc1C=CC(=O)N1CCC(C(=O)Nc2ccc3c(c2)OCO3)CC1. The summed E-state index contributed by atoms with van der Waals surface area (Å²) in [6.45, 7) is 1.22. The summed E-state index contributed by atoms with van der Waals surface area (Å²) in [5.74, 6) is 0.975. The lowest BCUT2D eigenvalue weighted by Gasteiger charge is -2.30. The number of rotatable bonds is 4. The van der Waals surface area contributed by atoms with Gasteiger partial charge in [-0.2, -0.15) is 5.26 Å². The van der Waals surface area contributed by atoms with E-state index >= 15 is 0 Å². The van der Waals surface area contributed by atoms with Gasteiger partial charge in [0.2, 0.25) is 18.6 Å². The molecule has 1 fully saturated rings. The molecule has 2 aliphatic heterocycles. The Labute approximate surface area is 174 Å². The Bertz CT molecular complexity index is 1030. The fourth-order valence-electron chi connectivity index (χ4n) is 3.59. The molecule has 2 amide bonds. The lowest BCUT2D eigenvalue weighted by atomic mass is 9.95. The van der Waals surface area contributed by atoms with Gasteiger partial charge in [0, 0.05) is 36.8 Å². The van der Waals surface area contributed by atoms with E-state index in [0.29, 0.717) is 54.2 Å². The van der Waals surface area contributed by atoms with Gasteiger partial charge < -0.3 is 19.7 Å². The smallest absolute Gasteiger partial charge is 0.246 e. The molecule has 0 spiro atoms. The third kappa shape index (κ3) is 4.28. The van der Waals surface area contributed by atoms with Gasteiger partial charge in [0.05, 0.1) is 11.6 Å². The van der Waals surface area contributed by atoms with Crippen molar-refractivity contribution in [1.82, 2.24) is 4.90 Å². The number of carbonyl (C=O) groups excluding carboxylic acids is 2. The minimum Gasteiger partial charge on any atom is -0.454 e. The highest BCUT2D eigenvalue weighted by Crippen LogP contribution is 2.34. The number of ether oxygens (including phenoxy) is 2. The van der Waals surface area contributed by atoms with Crippen LogP contribution >= 0.6 is 0 Å². The molecule has 152 valence electrons. The van der Waals surface area contributed by atoms with E-state index in [1.54, 1.807) is 47.4 Å². The quantitative estimate of drug-likeness (QED) is 0.792. The van der Waals surface area contributed by atoms with Crippen LogP contribution in [0.15, 0.2) is 48.5 Å². The van der Waals surface area contributed by atoms with E-state index in [0.717, 1.165) is 0 Å². The van der Waals surface area contributed by atoms with Crippen LogP contribution in [0.1, 0.15) is 24.0 Å². The van der Waals surface area contributed by atoms with Crippen molar-refractivity contribution in [2.24, 2.45) is 5.92 Å². The van der Waals surface area contributed by atoms with Crippen LogP contribution in [0.2, 0.25) is 0 Å². The molecule has 0 unspecified atom stereocenters. The second kappa shape index (κ2) is 8.70. The predicted octanol–water partition coefficient (Wildman–Crippen LogP) is 3.18. The summed E-state index contributed by atoms with van der Waals surface area (Å²) in [6, 6.07) is 14.6. The first-order valence-corrected chi connectivity index (χ1v) is 9.80. The van der Waals surface area contributed by atoms with Gasteiger partial charge in [-0.1, -0.05) is 18.2 Å². The van der Waals surface area contributed by atoms with Crippen molar-refractivity contribution in [2.75, 3.05) is 25.2 Å². The first-order chi connectivity index (χ1) is 14.6. The van der Waals surface area contributed by atoms with E-state index in [9.17, 15) is 9.59 Å². The lowest BCUT2D eigenvalue weighted by molar-refractivity contribution is -0.130. The van der Waals surface area contributed by atoms with E-state index in [2.05, 4.69) is 11.4 Å². The zero-order valence-electron chi connectivity index (χ0n) is 16.3. The Morgan fingerprint density at radius 2 is 1.87 bits per heavy atom. The Balaban J connectivity index is 1.30. The molecule has 1 N–H and O–H groups in total. The summed E-state index contributed by atoms with van der Waals surface area (Å²) in [4.78, 5) is 26.8. The second-order valence-corrected chi connectivity index (χ2v) is 7.19. The number of hydrogen-bond donors (Lipinski definition) is 1. The number of carbonyl (C=O) groups is 2. The molecule has 2 aromatic rings. The largest absolute Gasteiger partial charge is 0.454 e. The highest BCUT2D eigenvalue weighted by molar-refractivity contribution is 5.94. The van der Waals surface area contributed by atoms with Crippen LogP contribution in [0.5, 0.6) is 11.5 Å². The van der Waals surface area contributed by atoms with Gasteiger partial charge in [-0.25, -0.2) is 0 Å². The average molecular weight is 403 g/mol. The van der Waals surface area contributed by atoms with Gasteiger partial charge in [0.15, 0.2) is 11.5 Å². The molecule has 30 heavy (non-hydrogen) atoms. The molecule has 0 atom stereocenters. The highest BCUT2D eigenvalue weighted by Gasteiger charge is 2.27. The summed E-state index contributed by atoms with van der Waals surface area (Å²) < 4.78 is 10.6. The maximum absolute atomic E-state index is 12.6. The summed E-state index contributed by atoms with van der Waals surface area (Å²) in [7, 11) is 0. The maximum Gasteiger partial charge on any atom is 0.246 e. The molecule has 2 aliphatic rings. The summed E-state index contributed by atoms with van der Waals surface area (Å²) in [6.07, 6.45) is 4.36. The Kier molecular flexibility index (Phi) is 5.66. The molecule has 7 heteroatoms. The minimum atomic E-state index is -0.150. The maximum atomic E-state index is 12.6. The number of likely N-dealkylation sites (tertiary alicyclic amines) is 1. The standard InChI is InChI=1S/C23H21N3O4/c24-14-18-4-2-1-3-16(18)5-8-22(27)26-11-9-17(10-12-26)23(28)25-19-6-7-20-21(13-19)30-15-29-20/h1-8,13,17H,9-12,15H2,(H,25,28). The third-order valence-electron chi connectivity index (χ3n) is 5.30. The Hall–Kier alpha value is -3.79. The van der Waals surface area contributed by atoms with Gasteiger partial charge in [0.25, 0.3) is 0 Å². The monoisotopic (exact) mass is 403 g/mol. The molecule has 4 rings (SSSR count). The number of hydrogen-bond acceptors (Lipinski definition) is 5. The predicted molar refractivity (Wildman–Crippen MR) is 111 cm³/mol. The first-order valence-electron chi connectivity index (χ1n) is 9.80. The van der Waals surface area contributed by atoms with Gasteiger partial charge in [-0.05, 0) is 42.7 Å². The number of nitrogens with zero attached hydrogens (tertiary/aromatic N) is 2. The van der Waals surface area contributed by atoms with Crippen molar-refractivity contribution in [3.8, 4) is 17.6 Å². The average Bonchev–Trinajstić information content (AvgIpc) is 3.25. The number of benzene rings is 2. The molecular formula is C23H21N3O4. The lowest BCUT2D eigenvalue weighted by Crippen LogP contribution is -2.40. The zero-order chi connectivity index (χ0) is 20.9. The molecule has 0 aromatic heterocycles. The summed E-state index contributed by atoms with van der Waals surface area (Å²) in [5, 5.41) is 12.1. The number of piperidine rings is 1. The molecular weight excluding hydrogens is 382 g/mol. The van der Waals surface area contributed by atoms with Crippen molar-refractivity contribution >= 4 is 23.6 Å². The molecule has 2 heterocycles. The van der Waals surface area contributed by atoms with Crippen LogP contribution < -0.4 is 14.8 Å². The summed E-state index contributed by atoms with van der Waals surface area (Å²) >= 11 is 0. The molecule has 0 bridgehead atoms. The topological polar surface area (TPSA) is 91.7 Å². The van der Waals surface area contributed by atoms with Gasteiger partial charge >= 0.3 is 0 Å². The van der Waals surface area contributed by atoms with E-state index in [1.807, 2.05) is 6.07 Å². The second-order valence-electron chi connectivity index (χ2n) is 7.19. The first kappa shape index (κ1) is 19.5. The van der Waals surface area contributed by atoms with Crippen LogP contribution in [0, 0.1) is 17.2 Å².